The summed E-state index contributed by atoms with van der Waals surface area (Å²) in [6, 6.07) is 25.0. The summed E-state index contributed by atoms with van der Waals surface area (Å²) in [5, 5.41) is 2.83. The molecule has 0 atom stereocenters. The van der Waals surface area contributed by atoms with Crippen LogP contribution in [0.2, 0.25) is 0 Å². The lowest BCUT2D eigenvalue weighted by Crippen LogP contribution is -2.20. The lowest BCUT2D eigenvalue weighted by atomic mass is 10.2. The number of halogens is 1. The maximum atomic E-state index is 12.5. The Kier molecular flexibility index (Phi) is 5.26. The summed E-state index contributed by atoms with van der Waals surface area (Å²) >= 11 is 3.30. The Morgan fingerprint density at radius 1 is 0.760 bits per heavy atom. The van der Waals surface area contributed by atoms with Crippen LogP contribution in [-0.4, -0.2) is 11.8 Å². The molecule has 0 heterocycles. The van der Waals surface area contributed by atoms with Crippen LogP contribution in [0.3, 0.4) is 0 Å². The number of nitrogens with one attached hydrogen (secondary N) is 1. The Bertz CT molecular complexity index is 882. The van der Waals surface area contributed by atoms with E-state index in [9.17, 15) is 9.59 Å². The highest BCUT2D eigenvalue weighted by Gasteiger charge is 2.15. The molecule has 2 amide bonds. The number of carbonyl (C=O) groups is 2. The van der Waals surface area contributed by atoms with Gasteiger partial charge in [0.1, 0.15) is 0 Å². The van der Waals surface area contributed by atoms with Crippen molar-refractivity contribution < 1.29 is 9.59 Å². The van der Waals surface area contributed by atoms with Gasteiger partial charge in [0.25, 0.3) is 11.8 Å². The van der Waals surface area contributed by atoms with Crippen LogP contribution >= 0.6 is 16.1 Å². The molecule has 3 aromatic carbocycles. The van der Waals surface area contributed by atoms with Crippen LogP contribution in [0.1, 0.15) is 20.7 Å². The molecular formula is C20H15BrN2O2. The molecule has 0 aliphatic rings. The number of anilines is 2. The zero-order valence-corrected chi connectivity index (χ0v) is 14.8. The van der Waals surface area contributed by atoms with Crippen molar-refractivity contribution in [3.05, 3.63) is 96.1 Å². The molecule has 0 fully saturated rings. The molecule has 0 aliphatic heterocycles. The monoisotopic (exact) mass is 394 g/mol. The lowest BCUT2D eigenvalue weighted by molar-refractivity contribution is 0.101. The molecule has 0 aromatic heterocycles. The molecule has 5 heteroatoms. The Morgan fingerprint density at radius 2 is 1.36 bits per heavy atom. The first-order chi connectivity index (χ1) is 12.1. The quantitative estimate of drug-likeness (QED) is 0.640. The van der Waals surface area contributed by atoms with Crippen molar-refractivity contribution >= 4 is 39.3 Å². The summed E-state index contributed by atoms with van der Waals surface area (Å²) in [6.07, 6.45) is 0. The highest BCUT2D eigenvalue weighted by atomic mass is 79.9. The largest absolute Gasteiger partial charge is 0.322 e. The minimum atomic E-state index is -0.201. The molecule has 0 unspecified atom stereocenters. The van der Waals surface area contributed by atoms with Crippen LogP contribution in [0.25, 0.3) is 0 Å². The fourth-order valence-corrected chi connectivity index (χ4v) is 2.74. The van der Waals surface area contributed by atoms with E-state index in [4.69, 9.17) is 0 Å². The van der Waals surface area contributed by atoms with Crippen LogP contribution in [0.15, 0.2) is 84.9 Å². The fourth-order valence-electron chi connectivity index (χ4n) is 2.31. The highest BCUT2D eigenvalue weighted by molar-refractivity contribution is 9.10. The molecule has 0 radical (unpaired) electrons. The van der Waals surface area contributed by atoms with Crippen molar-refractivity contribution in [3.8, 4) is 0 Å². The predicted molar refractivity (Wildman–Crippen MR) is 103 cm³/mol. The average Bonchev–Trinajstić information content (AvgIpc) is 2.68. The van der Waals surface area contributed by atoms with Crippen LogP contribution in [0.4, 0.5) is 11.4 Å². The molecule has 0 saturated carbocycles. The Labute approximate surface area is 154 Å². The number of benzene rings is 3. The Morgan fingerprint density at radius 3 is 2.00 bits per heavy atom. The van der Waals surface area contributed by atoms with E-state index < -0.39 is 0 Å². The van der Waals surface area contributed by atoms with E-state index in [2.05, 4.69) is 21.5 Å². The molecule has 25 heavy (non-hydrogen) atoms. The molecule has 1 N–H and O–H groups in total. The molecule has 3 rings (SSSR count). The van der Waals surface area contributed by atoms with Gasteiger partial charge in [-0.05, 0) is 42.5 Å². The molecule has 4 nitrogen and oxygen atoms in total. The van der Waals surface area contributed by atoms with Gasteiger partial charge in [-0.3, -0.25) is 9.59 Å². The van der Waals surface area contributed by atoms with Gasteiger partial charge in [0.05, 0.1) is 21.8 Å². The van der Waals surface area contributed by atoms with Crippen LogP contribution < -0.4 is 9.24 Å². The number of amides is 2. The molecule has 124 valence electrons. The van der Waals surface area contributed by atoms with Crippen molar-refractivity contribution in [2.45, 2.75) is 0 Å². The Balaban J connectivity index is 1.77. The summed E-state index contributed by atoms with van der Waals surface area (Å²) in [5.41, 5.74) is 2.37. The summed E-state index contributed by atoms with van der Waals surface area (Å²) < 4.78 is 1.38. The number of hydrogen-bond donors (Lipinski definition) is 1. The highest BCUT2D eigenvalue weighted by Crippen LogP contribution is 2.24. The zero-order chi connectivity index (χ0) is 17.6. The van der Waals surface area contributed by atoms with Crippen LogP contribution in [0, 0.1) is 0 Å². The summed E-state index contributed by atoms with van der Waals surface area (Å²) in [6.45, 7) is 0. The van der Waals surface area contributed by atoms with Crippen molar-refractivity contribution in [1.29, 1.82) is 0 Å². The topological polar surface area (TPSA) is 49.4 Å². The first kappa shape index (κ1) is 16.9. The number of hydrogen-bond acceptors (Lipinski definition) is 2. The maximum absolute atomic E-state index is 12.5. The van der Waals surface area contributed by atoms with Gasteiger partial charge in [-0.25, -0.2) is 3.93 Å². The Hall–Kier alpha value is -2.92. The van der Waals surface area contributed by atoms with Crippen LogP contribution in [-0.2, 0) is 0 Å². The number of rotatable bonds is 4. The van der Waals surface area contributed by atoms with Crippen LogP contribution in [0.5, 0.6) is 0 Å². The molecular weight excluding hydrogens is 380 g/mol. The van der Waals surface area contributed by atoms with Gasteiger partial charge in [0.15, 0.2) is 0 Å². The van der Waals surface area contributed by atoms with E-state index in [1.54, 1.807) is 48.5 Å². The van der Waals surface area contributed by atoms with Gasteiger partial charge in [0.2, 0.25) is 0 Å². The normalized spacial score (nSPS) is 10.1. The van der Waals surface area contributed by atoms with Crippen molar-refractivity contribution in [2.24, 2.45) is 0 Å². The van der Waals surface area contributed by atoms with E-state index >= 15 is 0 Å². The molecule has 0 spiro atoms. The van der Waals surface area contributed by atoms with Crippen molar-refractivity contribution in [1.82, 2.24) is 0 Å². The fraction of sp³-hybridized carbons (Fsp3) is 0. The minimum Gasteiger partial charge on any atom is -0.322 e. The van der Waals surface area contributed by atoms with E-state index in [-0.39, 0.29) is 11.8 Å². The van der Waals surface area contributed by atoms with Gasteiger partial charge in [-0.15, -0.1) is 0 Å². The van der Waals surface area contributed by atoms with Crippen molar-refractivity contribution in [3.63, 3.8) is 0 Å². The van der Waals surface area contributed by atoms with E-state index in [0.717, 1.165) is 0 Å². The van der Waals surface area contributed by atoms with Crippen molar-refractivity contribution in [2.75, 3.05) is 9.24 Å². The third-order valence-electron chi connectivity index (χ3n) is 3.57. The maximum Gasteiger partial charge on any atom is 0.268 e. The summed E-state index contributed by atoms with van der Waals surface area (Å²) in [5.74, 6) is -0.389. The lowest BCUT2D eigenvalue weighted by Gasteiger charge is -2.16. The molecule has 0 aliphatic carbocycles. The smallest absolute Gasteiger partial charge is 0.268 e. The SMILES string of the molecule is O=C(Nc1cccc(N(Br)C(=O)c2ccccc2)c1)c1ccccc1. The second-order valence-electron chi connectivity index (χ2n) is 5.32. The first-order valence-corrected chi connectivity index (χ1v) is 8.38. The third-order valence-corrected chi connectivity index (χ3v) is 4.30. The molecule has 0 bridgehead atoms. The van der Waals surface area contributed by atoms with E-state index in [1.165, 1.54) is 3.93 Å². The molecule has 0 saturated heterocycles. The van der Waals surface area contributed by atoms with Gasteiger partial charge in [0, 0.05) is 16.8 Å². The van der Waals surface area contributed by atoms with Gasteiger partial charge in [-0.1, -0.05) is 42.5 Å². The second-order valence-corrected chi connectivity index (χ2v) is 6.03. The first-order valence-electron chi connectivity index (χ1n) is 7.67. The number of carbonyl (C=O) groups excluding carboxylic acids is 2. The standard InChI is InChI=1S/C20H15BrN2O2/c21-23(20(25)16-10-5-2-6-11-16)18-13-7-12-17(14-18)22-19(24)15-8-3-1-4-9-15/h1-14H,(H,22,24). The predicted octanol–water partition coefficient (Wildman–Crippen LogP) is 4.90. The van der Waals surface area contributed by atoms with Gasteiger partial charge >= 0.3 is 0 Å². The number of nitrogens with zero attached hydrogens (tertiary/aromatic N) is 1. The van der Waals surface area contributed by atoms with E-state index in [0.29, 0.717) is 22.5 Å². The van der Waals surface area contributed by atoms with Gasteiger partial charge in [-0.2, -0.15) is 0 Å². The second kappa shape index (κ2) is 7.77. The summed E-state index contributed by atoms with van der Waals surface area (Å²) in [4.78, 5) is 24.7. The average molecular weight is 395 g/mol. The van der Waals surface area contributed by atoms with Gasteiger partial charge < -0.3 is 5.32 Å². The third kappa shape index (κ3) is 4.14. The van der Waals surface area contributed by atoms with E-state index in [1.807, 2.05) is 36.4 Å². The zero-order valence-electron chi connectivity index (χ0n) is 13.2. The molecule has 3 aromatic rings. The minimum absolute atomic E-state index is 0.188. The summed E-state index contributed by atoms with van der Waals surface area (Å²) in [7, 11) is 0.